The second-order valence-electron chi connectivity index (χ2n) is 7.24. The van der Waals surface area contributed by atoms with Crippen molar-refractivity contribution in [2.24, 2.45) is 5.73 Å². The van der Waals surface area contributed by atoms with Gasteiger partial charge in [-0.2, -0.15) is 0 Å². The Morgan fingerprint density at radius 2 is 1.90 bits per heavy atom. The Bertz CT molecular complexity index is 1110. The molecule has 0 spiro atoms. The third-order valence-corrected chi connectivity index (χ3v) is 6.20. The molecule has 1 aliphatic rings. The van der Waals surface area contributed by atoms with Crippen molar-refractivity contribution >= 4 is 39.3 Å². The molecule has 2 heterocycles. The summed E-state index contributed by atoms with van der Waals surface area (Å²) in [5, 5.41) is 3.74. The smallest absolute Gasteiger partial charge is 0.251 e. The Labute approximate surface area is 177 Å². The Hall–Kier alpha value is -3.26. The van der Waals surface area contributed by atoms with Crippen LogP contribution in [0.3, 0.4) is 0 Å². The molecule has 3 aromatic rings. The van der Waals surface area contributed by atoms with Crippen molar-refractivity contribution in [1.29, 1.82) is 0 Å². The summed E-state index contributed by atoms with van der Waals surface area (Å²) in [5.74, 6) is -0.393. The van der Waals surface area contributed by atoms with Gasteiger partial charge in [0.1, 0.15) is 5.01 Å². The van der Waals surface area contributed by atoms with Gasteiger partial charge in [0.25, 0.3) is 5.91 Å². The summed E-state index contributed by atoms with van der Waals surface area (Å²) in [6, 6.07) is 12.4. The zero-order valence-electron chi connectivity index (χ0n) is 16.4. The van der Waals surface area contributed by atoms with Crippen LogP contribution in [0, 0.1) is 0 Å². The molecule has 3 amide bonds. The van der Waals surface area contributed by atoms with Gasteiger partial charge in [0.2, 0.25) is 11.8 Å². The molecule has 7 nitrogen and oxygen atoms in total. The Balaban J connectivity index is 1.39. The number of hydrogen-bond acceptors (Lipinski definition) is 5. The Kier molecular flexibility index (Phi) is 5.76. The van der Waals surface area contributed by atoms with Crippen molar-refractivity contribution in [2.45, 2.75) is 19.3 Å². The van der Waals surface area contributed by atoms with Gasteiger partial charge >= 0.3 is 0 Å². The maximum atomic E-state index is 12.5. The molecule has 8 heteroatoms. The SMILES string of the molecule is NC(=O)c1ccc(-c2nc3ccc(C(=O)NCCCN4CCCC4=O)cc3s2)cc1. The highest BCUT2D eigenvalue weighted by atomic mass is 32.1. The minimum atomic E-state index is -0.464. The van der Waals surface area contributed by atoms with Crippen LogP contribution in [0.1, 0.15) is 40.0 Å². The van der Waals surface area contributed by atoms with Gasteiger partial charge in [-0.1, -0.05) is 12.1 Å². The quantitative estimate of drug-likeness (QED) is 0.571. The maximum absolute atomic E-state index is 12.5. The lowest BCUT2D eigenvalue weighted by molar-refractivity contribution is -0.127. The number of amides is 3. The van der Waals surface area contributed by atoms with Crippen LogP contribution in [-0.2, 0) is 4.79 Å². The molecule has 0 saturated carbocycles. The predicted molar refractivity (Wildman–Crippen MR) is 116 cm³/mol. The molecule has 0 radical (unpaired) electrons. The van der Waals surface area contributed by atoms with Crippen molar-refractivity contribution in [2.75, 3.05) is 19.6 Å². The molecular weight excluding hydrogens is 400 g/mol. The fourth-order valence-electron chi connectivity index (χ4n) is 3.48. The third-order valence-electron chi connectivity index (χ3n) is 5.13. The van der Waals surface area contributed by atoms with Gasteiger partial charge in [0, 0.05) is 42.7 Å². The van der Waals surface area contributed by atoms with Crippen LogP contribution < -0.4 is 11.1 Å². The number of hydrogen-bond donors (Lipinski definition) is 2. The average Bonchev–Trinajstić information content (AvgIpc) is 3.36. The molecule has 2 aromatic carbocycles. The molecular formula is C22H22N4O3S. The van der Waals surface area contributed by atoms with E-state index in [2.05, 4.69) is 10.3 Å². The summed E-state index contributed by atoms with van der Waals surface area (Å²) in [6.45, 7) is 2.04. The van der Waals surface area contributed by atoms with Gasteiger partial charge in [-0.05, 0) is 43.2 Å². The molecule has 4 rings (SSSR count). The number of nitrogens with two attached hydrogens (primary N) is 1. The summed E-state index contributed by atoms with van der Waals surface area (Å²) in [5.41, 5.74) is 8.03. The van der Waals surface area contributed by atoms with E-state index in [0.717, 1.165) is 40.2 Å². The van der Waals surface area contributed by atoms with Crippen molar-refractivity contribution in [3.63, 3.8) is 0 Å². The van der Waals surface area contributed by atoms with Crippen molar-refractivity contribution in [1.82, 2.24) is 15.2 Å². The fraction of sp³-hybridized carbons (Fsp3) is 0.273. The second kappa shape index (κ2) is 8.62. The lowest BCUT2D eigenvalue weighted by Gasteiger charge is -2.15. The number of benzene rings is 2. The molecule has 1 aliphatic heterocycles. The van der Waals surface area contributed by atoms with Crippen LogP contribution >= 0.6 is 11.3 Å². The first kappa shape index (κ1) is 20.0. The minimum absolute atomic E-state index is 0.134. The maximum Gasteiger partial charge on any atom is 0.251 e. The zero-order chi connectivity index (χ0) is 21.1. The van der Waals surface area contributed by atoms with Gasteiger partial charge in [-0.3, -0.25) is 14.4 Å². The number of nitrogens with zero attached hydrogens (tertiary/aromatic N) is 2. The lowest BCUT2D eigenvalue weighted by Crippen LogP contribution is -2.30. The van der Waals surface area contributed by atoms with Crippen LogP contribution in [0.15, 0.2) is 42.5 Å². The number of fused-ring (bicyclic) bond motifs is 1. The molecule has 1 fully saturated rings. The minimum Gasteiger partial charge on any atom is -0.366 e. The van der Waals surface area contributed by atoms with Crippen molar-refractivity contribution in [3.8, 4) is 10.6 Å². The van der Waals surface area contributed by atoms with Gasteiger partial charge in [-0.25, -0.2) is 4.98 Å². The van der Waals surface area contributed by atoms with Crippen LogP contribution in [0.2, 0.25) is 0 Å². The predicted octanol–water partition coefficient (Wildman–Crippen LogP) is 2.80. The monoisotopic (exact) mass is 422 g/mol. The number of primary amides is 1. The second-order valence-corrected chi connectivity index (χ2v) is 8.27. The summed E-state index contributed by atoms with van der Waals surface area (Å²) in [6.07, 6.45) is 2.31. The molecule has 1 aromatic heterocycles. The number of rotatable bonds is 7. The molecule has 0 unspecified atom stereocenters. The highest BCUT2D eigenvalue weighted by Crippen LogP contribution is 2.31. The zero-order valence-corrected chi connectivity index (χ0v) is 17.2. The Morgan fingerprint density at radius 3 is 2.60 bits per heavy atom. The van der Waals surface area contributed by atoms with E-state index >= 15 is 0 Å². The highest BCUT2D eigenvalue weighted by Gasteiger charge is 2.19. The highest BCUT2D eigenvalue weighted by molar-refractivity contribution is 7.21. The van der Waals surface area contributed by atoms with E-state index < -0.39 is 5.91 Å². The summed E-state index contributed by atoms with van der Waals surface area (Å²) < 4.78 is 0.916. The topological polar surface area (TPSA) is 105 Å². The number of carbonyl (C=O) groups is 3. The van der Waals surface area contributed by atoms with Crippen LogP contribution in [-0.4, -0.2) is 47.2 Å². The normalized spacial score (nSPS) is 13.7. The van der Waals surface area contributed by atoms with Gasteiger partial charge < -0.3 is 16.0 Å². The molecule has 3 N–H and O–H groups in total. The van der Waals surface area contributed by atoms with E-state index in [-0.39, 0.29) is 11.8 Å². The lowest BCUT2D eigenvalue weighted by atomic mass is 10.1. The first-order valence-corrected chi connectivity index (χ1v) is 10.7. The number of nitrogens with one attached hydrogen (secondary N) is 1. The number of likely N-dealkylation sites (tertiary alicyclic amines) is 1. The molecule has 1 saturated heterocycles. The van der Waals surface area contributed by atoms with Gasteiger partial charge in [-0.15, -0.1) is 11.3 Å². The van der Waals surface area contributed by atoms with Crippen molar-refractivity contribution < 1.29 is 14.4 Å². The average molecular weight is 423 g/mol. The Morgan fingerprint density at radius 1 is 1.13 bits per heavy atom. The standard InChI is InChI=1S/C22H22N4O3S/c23-20(28)14-4-6-15(7-5-14)22-25-17-9-8-16(13-18(17)30-22)21(29)24-10-2-12-26-11-1-3-19(26)27/h4-9,13H,1-3,10-12H2,(H2,23,28)(H,24,29). The fourth-order valence-corrected chi connectivity index (χ4v) is 4.49. The number of thiazole rings is 1. The van der Waals surface area contributed by atoms with E-state index in [1.165, 1.54) is 11.3 Å². The summed E-state index contributed by atoms with van der Waals surface area (Å²) >= 11 is 1.49. The van der Waals surface area contributed by atoms with Crippen LogP contribution in [0.4, 0.5) is 0 Å². The van der Waals surface area contributed by atoms with E-state index in [4.69, 9.17) is 5.73 Å². The third kappa shape index (κ3) is 4.33. The molecule has 154 valence electrons. The largest absolute Gasteiger partial charge is 0.366 e. The molecule has 30 heavy (non-hydrogen) atoms. The van der Waals surface area contributed by atoms with E-state index in [0.29, 0.717) is 30.6 Å². The van der Waals surface area contributed by atoms with E-state index in [1.807, 2.05) is 29.2 Å². The molecule has 0 aliphatic carbocycles. The molecule has 0 atom stereocenters. The van der Waals surface area contributed by atoms with Gasteiger partial charge in [0.15, 0.2) is 0 Å². The number of aromatic nitrogens is 1. The van der Waals surface area contributed by atoms with Crippen LogP contribution in [0.25, 0.3) is 20.8 Å². The van der Waals surface area contributed by atoms with Gasteiger partial charge in [0.05, 0.1) is 10.2 Å². The molecule has 0 bridgehead atoms. The first-order chi connectivity index (χ1) is 14.5. The van der Waals surface area contributed by atoms with Crippen LogP contribution in [0.5, 0.6) is 0 Å². The van der Waals surface area contributed by atoms with E-state index in [1.54, 1.807) is 18.2 Å². The summed E-state index contributed by atoms with van der Waals surface area (Å²) in [4.78, 5) is 41.8. The number of carbonyl (C=O) groups excluding carboxylic acids is 3. The van der Waals surface area contributed by atoms with Crippen molar-refractivity contribution in [3.05, 3.63) is 53.6 Å². The summed E-state index contributed by atoms with van der Waals surface area (Å²) in [7, 11) is 0. The van der Waals surface area contributed by atoms with E-state index in [9.17, 15) is 14.4 Å². The first-order valence-electron chi connectivity index (χ1n) is 9.88.